The normalized spacial score (nSPS) is 15.7. The molecule has 8 nitrogen and oxygen atoms in total. The van der Waals surface area contributed by atoms with Crippen LogP contribution in [0.15, 0.2) is 24.5 Å². The van der Waals surface area contributed by atoms with E-state index in [9.17, 15) is 0 Å². The molecule has 3 aromatic heterocycles. The van der Waals surface area contributed by atoms with Crippen LogP contribution in [0.2, 0.25) is 0 Å². The van der Waals surface area contributed by atoms with Gasteiger partial charge in [-0.25, -0.2) is 4.98 Å². The smallest absolute Gasteiger partial charge is 0.178 e. The van der Waals surface area contributed by atoms with Gasteiger partial charge >= 0.3 is 0 Å². The molecule has 0 amide bonds. The Bertz CT molecular complexity index is 879. The highest BCUT2D eigenvalue weighted by Crippen LogP contribution is 2.29. The molecule has 4 rings (SSSR count). The van der Waals surface area contributed by atoms with E-state index >= 15 is 0 Å². The van der Waals surface area contributed by atoms with Gasteiger partial charge in [-0.3, -0.25) is 4.98 Å². The van der Waals surface area contributed by atoms with E-state index in [1.165, 1.54) is 0 Å². The van der Waals surface area contributed by atoms with Gasteiger partial charge in [-0.05, 0) is 31.9 Å². The lowest BCUT2D eigenvalue weighted by molar-refractivity contribution is 0.474. The summed E-state index contributed by atoms with van der Waals surface area (Å²) in [7, 11) is 3.97. The maximum absolute atomic E-state index is 4.68. The summed E-state index contributed by atoms with van der Waals surface area (Å²) in [5.74, 6) is 3.20. The zero-order chi connectivity index (χ0) is 17.4. The summed E-state index contributed by atoms with van der Waals surface area (Å²) in [5.41, 5.74) is 1.78. The average Bonchev–Trinajstić information content (AvgIpc) is 3.05. The minimum absolute atomic E-state index is 0.355. The number of nitrogens with zero attached hydrogens (tertiary/aromatic N) is 8. The number of rotatable bonds is 3. The van der Waals surface area contributed by atoms with Crippen molar-refractivity contribution in [1.82, 2.24) is 29.8 Å². The zero-order valence-electron chi connectivity index (χ0n) is 14.8. The summed E-state index contributed by atoms with van der Waals surface area (Å²) >= 11 is 0. The van der Waals surface area contributed by atoms with Gasteiger partial charge in [0.25, 0.3) is 0 Å². The summed E-state index contributed by atoms with van der Waals surface area (Å²) in [4.78, 5) is 13.1. The summed E-state index contributed by atoms with van der Waals surface area (Å²) in [6.45, 7) is 3.88. The molecule has 0 unspecified atom stereocenters. The second-order valence-electron chi connectivity index (χ2n) is 6.64. The van der Waals surface area contributed by atoms with Crippen molar-refractivity contribution >= 4 is 17.3 Å². The molecule has 130 valence electrons. The molecule has 0 spiro atoms. The highest BCUT2D eigenvalue weighted by atomic mass is 15.4. The summed E-state index contributed by atoms with van der Waals surface area (Å²) < 4.78 is 1.89. The second kappa shape index (κ2) is 6.27. The van der Waals surface area contributed by atoms with Crippen molar-refractivity contribution in [2.45, 2.75) is 25.7 Å². The molecule has 0 radical (unpaired) electrons. The predicted octanol–water partition coefficient (Wildman–Crippen LogP) is 1.67. The third-order valence-corrected chi connectivity index (χ3v) is 4.75. The van der Waals surface area contributed by atoms with E-state index in [4.69, 9.17) is 0 Å². The van der Waals surface area contributed by atoms with Gasteiger partial charge in [-0.15, -0.1) is 15.3 Å². The molecule has 3 aromatic rings. The first-order valence-corrected chi connectivity index (χ1v) is 8.55. The number of fused-ring (bicyclic) bond motifs is 1. The summed E-state index contributed by atoms with van der Waals surface area (Å²) in [6.07, 6.45) is 5.50. The monoisotopic (exact) mass is 338 g/mol. The standard InChI is InChI=1S/C17H22N8/c1-12-16(19-9-8-18-12)24-10-6-13(7-11-24)17-21-20-14-4-5-15(23(2)3)22-25(14)17/h4-5,8-9,13H,6-7,10-11H2,1-3H3. The summed E-state index contributed by atoms with van der Waals surface area (Å²) in [6, 6.07) is 3.93. The molecular weight excluding hydrogens is 316 g/mol. The molecule has 0 aliphatic carbocycles. The first-order chi connectivity index (χ1) is 12.1. The molecule has 1 fully saturated rings. The van der Waals surface area contributed by atoms with Crippen LogP contribution in [0, 0.1) is 6.92 Å². The fourth-order valence-electron chi connectivity index (χ4n) is 3.35. The van der Waals surface area contributed by atoms with Gasteiger partial charge in [-0.2, -0.15) is 4.52 Å². The number of anilines is 2. The lowest BCUT2D eigenvalue weighted by atomic mass is 9.96. The van der Waals surface area contributed by atoms with E-state index < -0.39 is 0 Å². The topological polar surface area (TPSA) is 75.3 Å². The Morgan fingerprint density at radius 1 is 1.04 bits per heavy atom. The van der Waals surface area contributed by atoms with E-state index in [0.29, 0.717) is 5.92 Å². The molecule has 0 saturated carbocycles. The van der Waals surface area contributed by atoms with Crippen LogP contribution in [0.5, 0.6) is 0 Å². The van der Waals surface area contributed by atoms with Gasteiger partial charge in [0.05, 0.1) is 5.69 Å². The molecule has 1 aliphatic rings. The minimum Gasteiger partial charge on any atom is -0.361 e. The largest absolute Gasteiger partial charge is 0.361 e. The fourth-order valence-corrected chi connectivity index (χ4v) is 3.35. The maximum Gasteiger partial charge on any atom is 0.178 e. The second-order valence-corrected chi connectivity index (χ2v) is 6.64. The van der Waals surface area contributed by atoms with Crippen LogP contribution in [0.1, 0.15) is 30.3 Å². The van der Waals surface area contributed by atoms with Crippen LogP contribution in [-0.2, 0) is 0 Å². The van der Waals surface area contributed by atoms with Gasteiger partial charge in [0.15, 0.2) is 11.5 Å². The summed E-state index contributed by atoms with van der Waals surface area (Å²) in [5, 5.41) is 13.4. The van der Waals surface area contributed by atoms with Crippen molar-refractivity contribution in [2.75, 3.05) is 37.0 Å². The van der Waals surface area contributed by atoms with Gasteiger partial charge in [0.1, 0.15) is 11.6 Å². The molecule has 0 aromatic carbocycles. The van der Waals surface area contributed by atoms with Crippen LogP contribution in [0.25, 0.3) is 5.65 Å². The van der Waals surface area contributed by atoms with Crippen LogP contribution in [0.4, 0.5) is 11.6 Å². The number of hydrogen-bond donors (Lipinski definition) is 0. The van der Waals surface area contributed by atoms with Gasteiger partial charge < -0.3 is 9.80 Å². The fraction of sp³-hybridized carbons (Fsp3) is 0.471. The Morgan fingerprint density at radius 2 is 1.80 bits per heavy atom. The Hall–Kier alpha value is -2.77. The third-order valence-electron chi connectivity index (χ3n) is 4.75. The van der Waals surface area contributed by atoms with Crippen molar-refractivity contribution < 1.29 is 0 Å². The Labute approximate surface area is 146 Å². The quantitative estimate of drug-likeness (QED) is 0.719. The minimum atomic E-state index is 0.355. The first-order valence-electron chi connectivity index (χ1n) is 8.55. The van der Waals surface area contributed by atoms with Crippen LogP contribution >= 0.6 is 0 Å². The van der Waals surface area contributed by atoms with Crippen molar-refractivity contribution in [3.8, 4) is 0 Å². The predicted molar refractivity (Wildman–Crippen MR) is 96.1 cm³/mol. The average molecular weight is 338 g/mol. The zero-order valence-corrected chi connectivity index (χ0v) is 14.8. The molecule has 1 aliphatic heterocycles. The highest BCUT2D eigenvalue weighted by Gasteiger charge is 2.26. The van der Waals surface area contributed by atoms with Crippen LogP contribution in [0.3, 0.4) is 0 Å². The number of hydrogen-bond acceptors (Lipinski definition) is 7. The molecule has 25 heavy (non-hydrogen) atoms. The van der Waals surface area contributed by atoms with E-state index in [0.717, 1.165) is 54.7 Å². The molecule has 0 N–H and O–H groups in total. The molecular formula is C17H22N8. The van der Waals surface area contributed by atoms with Gasteiger partial charge in [-0.1, -0.05) is 0 Å². The van der Waals surface area contributed by atoms with E-state index in [2.05, 4.69) is 30.2 Å². The maximum atomic E-state index is 4.68. The Kier molecular flexibility index (Phi) is 3.95. The van der Waals surface area contributed by atoms with E-state index in [1.807, 2.05) is 42.6 Å². The van der Waals surface area contributed by atoms with E-state index in [-0.39, 0.29) is 0 Å². The third kappa shape index (κ3) is 2.88. The molecule has 8 heteroatoms. The van der Waals surface area contributed by atoms with Gasteiger partial charge in [0.2, 0.25) is 0 Å². The molecule has 1 saturated heterocycles. The van der Waals surface area contributed by atoms with Crippen LogP contribution in [-0.4, -0.2) is 57.0 Å². The SMILES string of the molecule is Cc1nccnc1N1CCC(c2nnc3ccc(N(C)C)nn23)CC1. The lowest BCUT2D eigenvalue weighted by Crippen LogP contribution is -2.34. The van der Waals surface area contributed by atoms with E-state index in [1.54, 1.807) is 12.4 Å². The Balaban J connectivity index is 1.56. The number of aromatic nitrogens is 6. The Morgan fingerprint density at radius 3 is 2.52 bits per heavy atom. The molecule has 0 bridgehead atoms. The first kappa shape index (κ1) is 15.7. The van der Waals surface area contributed by atoms with Crippen molar-refractivity contribution in [3.05, 3.63) is 36.0 Å². The number of piperidine rings is 1. The molecule has 0 atom stereocenters. The van der Waals surface area contributed by atoms with Crippen LogP contribution < -0.4 is 9.80 Å². The number of aryl methyl sites for hydroxylation is 1. The van der Waals surface area contributed by atoms with Gasteiger partial charge in [0, 0.05) is 45.5 Å². The highest BCUT2D eigenvalue weighted by molar-refractivity contribution is 5.46. The lowest BCUT2D eigenvalue weighted by Gasteiger charge is -2.32. The van der Waals surface area contributed by atoms with Crippen molar-refractivity contribution in [1.29, 1.82) is 0 Å². The van der Waals surface area contributed by atoms with Crippen molar-refractivity contribution in [2.24, 2.45) is 0 Å². The molecule has 4 heterocycles. The van der Waals surface area contributed by atoms with Crippen molar-refractivity contribution in [3.63, 3.8) is 0 Å².